The molecule has 22 heavy (non-hydrogen) atoms. The third-order valence-electron chi connectivity index (χ3n) is 3.94. The molecule has 1 aliphatic rings. The lowest BCUT2D eigenvalue weighted by atomic mass is 10.00. The van der Waals surface area contributed by atoms with E-state index in [0.29, 0.717) is 18.7 Å². The number of rotatable bonds is 3. The van der Waals surface area contributed by atoms with Gasteiger partial charge in [0.2, 0.25) is 0 Å². The number of nitrogens with zero attached hydrogens (tertiary/aromatic N) is 3. The number of aliphatic hydroxyl groups is 1. The Hall–Kier alpha value is -1.93. The third-order valence-corrected chi connectivity index (χ3v) is 3.94. The summed E-state index contributed by atoms with van der Waals surface area (Å²) in [4.78, 5) is 1.79. The van der Waals surface area contributed by atoms with E-state index in [1.165, 1.54) is 18.3 Å². The first-order valence-electron chi connectivity index (χ1n) is 6.84. The van der Waals surface area contributed by atoms with Crippen LogP contribution in [0.3, 0.4) is 0 Å². The molecule has 0 saturated carbocycles. The van der Waals surface area contributed by atoms with Gasteiger partial charge in [-0.3, -0.25) is 4.90 Å². The maximum absolute atomic E-state index is 13.0. The Kier molecular flexibility index (Phi) is 3.65. The minimum absolute atomic E-state index is 0.135. The van der Waals surface area contributed by atoms with Gasteiger partial charge in [0.05, 0.1) is 11.8 Å². The number of likely N-dealkylation sites (tertiary alicyclic amines) is 1. The fourth-order valence-electron chi connectivity index (χ4n) is 2.82. The van der Waals surface area contributed by atoms with Crippen LogP contribution in [0, 0.1) is 0 Å². The van der Waals surface area contributed by atoms with Crippen LogP contribution in [0.1, 0.15) is 23.2 Å². The first kappa shape index (κ1) is 15.0. The van der Waals surface area contributed by atoms with Crippen molar-refractivity contribution in [3.63, 3.8) is 0 Å². The van der Waals surface area contributed by atoms with Crippen LogP contribution in [0.25, 0.3) is 0 Å². The lowest BCUT2D eigenvalue weighted by Crippen LogP contribution is -2.31. The van der Waals surface area contributed by atoms with Gasteiger partial charge >= 0.3 is 6.18 Å². The Balaban J connectivity index is 1.76. The number of halogens is 3. The molecule has 0 spiro atoms. The number of hydrogen-bond donors (Lipinski definition) is 2. The molecule has 0 aliphatic carbocycles. The highest BCUT2D eigenvalue weighted by Crippen LogP contribution is 2.35. The second kappa shape index (κ2) is 5.36. The number of alkyl halides is 3. The lowest BCUT2D eigenvalue weighted by molar-refractivity contribution is -0.138. The maximum atomic E-state index is 13.0. The van der Waals surface area contributed by atoms with Crippen LogP contribution in [-0.4, -0.2) is 38.5 Å². The summed E-state index contributed by atoms with van der Waals surface area (Å²) in [7, 11) is 0. The van der Waals surface area contributed by atoms with E-state index in [1.807, 2.05) is 0 Å². The molecule has 8 heteroatoms. The molecule has 1 atom stereocenters. The van der Waals surface area contributed by atoms with Crippen LogP contribution < -0.4 is 0 Å². The zero-order chi connectivity index (χ0) is 15.8. The van der Waals surface area contributed by atoms with Gasteiger partial charge in [-0.15, -0.1) is 0 Å². The average molecular weight is 312 g/mol. The Bertz CT molecular complexity index is 644. The molecule has 0 radical (unpaired) electrons. The molecule has 2 heterocycles. The van der Waals surface area contributed by atoms with E-state index < -0.39 is 17.3 Å². The largest absolute Gasteiger partial charge is 0.416 e. The number of benzene rings is 1. The molecule has 2 aromatic rings. The molecule has 0 bridgehead atoms. The Morgan fingerprint density at radius 3 is 2.77 bits per heavy atom. The summed E-state index contributed by atoms with van der Waals surface area (Å²) in [5.41, 5.74) is -1.18. The fraction of sp³-hybridized carbons (Fsp3) is 0.429. The van der Waals surface area contributed by atoms with Crippen molar-refractivity contribution in [2.24, 2.45) is 0 Å². The van der Waals surface area contributed by atoms with Crippen LogP contribution in [-0.2, 0) is 18.3 Å². The molecular weight excluding hydrogens is 297 g/mol. The first-order chi connectivity index (χ1) is 10.4. The van der Waals surface area contributed by atoms with Gasteiger partial charge < -0.3 is 5.11 Å². The molecule has 1 unspecified atom stereocenters. The number of hydrogen-bond acceptors (Lipinski definition) is 4. The van der Waals surface area contributed by atoms with Crippen molar-refractivity contribution in [2.75, 3.05) is 13.1 Å². The van der Waals surface area contributed by atoms with Gasteiger partial charge in [-0.1, -0.05) is 18.2 Å². The van der Waals surface area contributed by atoms with Crippen LogP contribution in [0.5, 0.6) is 0 Å². The van der Waals surface area contributed by atoms with Gasteiger partial charge in [-0.25, -0.2) is 0 Å². The van der Waals surface area contributed by atoms with Crippen molar-refractivity contribution >= 4 is 0 Å². The smallest absolute Gasteiger partial charge is 0.382 e. The van der Waals surface area contributed by atoms with Gasteiger partial charge in [0.25, 0.3) is 0 Å². The molecule has 1 fully saturated rings. The summed E-state index contributed by atoms with van der Waals surface area (Å²) in [6.45, 7) is 0.858. The summed E-state index contributed by atoms with van der Waals surface area (Å²) < 4.78 is 39.0. The maximum Gasteiger partial charge on any atom is 0.416 e. The molecule has 1 saturated heterocycles. The highest BCUT2D eigenvalue weighted by molar-refractivity contribution is 5.29. The molecule has 0 amide bonds. The van der Waals surface area contributed by atoms with Crippen molar-refractivity contribution in [1.82, 2.24) is 20.3 Å². The van der Waals surface area contributed by atoms with E-state index in [4.69, 9.17) is 0 Å². The standard InChI is InChI=1S/C14H15F3N4O/c15-14(16,17)11-4-2-1-3-10(11)8-21-6-5-13(22,9-21)12-7-18-20-19-12/h1-4,7,22H,5-6,8-9H2,(H,18,19,20). The topological polar surface area (TPSA) is 65.0 Å². The minimum atomic E-state index is -4.38. The summed E-state index contributed by atoms with van der Waals surface area (Å²) >= 11 is 0. The monoisotopic (exact) mass is 312 g/mol. The first-order valence-corrected chi connectivity index (χ1v) is 6.84. The zero-order valence-electron chi connectivity index (χ0n) is 11.6. The number of H-pyrrole nitrogens is 1. The quantitative estimate of drug-likeness (QED) is 0.909. The molecule has 1 aromatic heterocycles. The van der Waals surface area contributed by atoms with Gasteiger partial charge in [-0.2, -0.15) is 28.6 Å². The van der Waals surface area contributed by atoms with Crippen LogP contribution in [0.15, 0.2) is 30.5 Å². The molecule has 1 aromatic carbocycles. The third kappa shape index (κ3) is 2.84. The fourth-order valence-corrected chi connectivity index (χ4v) is 2.82. The summed E-state index contributed by atoms with van der Waals surface area (Å²) in [6, 6.07) is 5.51. The lowest BCUT2D eigenvalue weighted by Gasteiger charge is -2.22. The molecule has 5 nitrogen and oxygen atoms in total. The Labute approximate surface area is 124 Å². The molecule has 2 N–H and O–H groups in total. The molecule has 1 aliphatic heterocycles. The number of aromatic amines is 1. The van der Waals surface area contributed by atoms with Crippen molar-refractivity contribution < 1.29 is 18.3 Å². The molecule has 118 valence electrons. The van der Waals surface area contributed by atoms with E-state index in [1.54, 1.807) is 11.0 Å². The van der Waals surface area contributed by atoms with Crippen LogP contribution in [0.4, 0.5) is 13.2 Å². The second-order valence-corrected chi connectivity index (χ2v) is 5.50. The van der Waals surface area contributed by atoms with Gasteiger partial charge in [0.1, 0.15) is 11.3 Å². The minimum Gasteiger partial charge on any atom is -0.382 e. The van der Waals surface area contributed by atoms with E-state index in [9.17, 15) is 18.3 Å². The number of nitrogens with one attached hydrogen (secondary N) is 1. The Morgan fingerprint density at radius 2 is 2.09 bits per heavy atom. The second-order valence-electron chi connectivity index (χ2n) is 5.50. The SMILES string of the molecule is OC1(c2cn[nH]n2)CCN(Cc2ccccc2C(F)(F)F)C1. The Morgan fingerprint density at radius 1 is 1.32 bits per heavy atom. The zero-order valence-corrected chi connectivity index (χ0v) is 11.6. The van der Waals surface area contributed by atoms with Crippen LogP contribution in [0.2, 0.25) is 0 Å². The summed E-state index contributed by atoms with van der Waals surface area (Å²) in [6.07, 6.45) is -2.53. The van der Waals surface area contributed by atoms with E-state index in [0.717, 1.165) is 6.07 Å². The van der Waals surface area contributed by atoms with E-state index in [-0.39, 0.29) is 18.7 Å². The highest BCUT2D eigenvalue weighted by atomic mass is 19.4. The van der Waals surface area contributed by atoms with Crippen molar-refractivity contribution in [3.8, 4) is 0 Å². The normalized spacial score (nSPS) is 23.1. The number of aromatic nitrogens is 3. The van der Waals surface area contributed by atoms with E-state index in [2.05, 4.69) is 15.4 Å². The summed E-state index contributed by atoms with van der Waals surface area (Å²) in [5, 5.41) is 20.5. The predicted octanol–water partition coefficient (Wildman–Crippen LogP) is 1.92. The van der Waals surface area contributed by atoms with E-state index >= 15 is 0 Å². The predicted molar refractivity (Wildman–Crippen MR) is 71.6 cm³/mol. The van der Waals surface area contributed by atoms with Gasteiger partial charge in [0.15, 0.2) is 0 Å². The molecular formula is C14H15F3N4O. The van der Waals surface area contributed by atoms with Crippen molar-refractivity contribution in [1.29, 1.82) is 0 Å². The average Bonchev–Trinajstić information content (AvgIpc) is 3.09. The van der Waals surface area contributed by atoms with Gasteiger partial charge in [-0.05, 0) is 18.1 Å². The number of β-amino-alcohol motifs (C(OH)–C–C–N with tert-alkyl or cyclic N) is 1. The van der Waals surface area contributed by atoms with Gasteiger partial charge in [0, 0.05) is 19.6 Å². The van der Waals surface area contributed by atoms with Crippen molar-refractivity contribution in [2.45, 2.75) is 24.7 Å². The van der Waals surface area contributed by atoms with Crippen molar-refractivity contribution in [3.05, 3.63) is 47.3 Å². The summed E-state index contributed by atoms with van der Waals surface area (Å²) in [5.74, 6) is 0. The highest BCUT2D eigenvalue weighted by Gasteiger charge is 2.40. The van der Waals surface area contributed by atoms with Crippen LogP contribution >= 0.6 is 0 Å². The molecule has 3 rings (SSSR count).